The van der Waals surface area contributed by atoms with E-state index in [1.54, 1.807) is 0 Å². The Balaban J connectivity index is 2.85. The number of carbonyl (C=O) groups is 2. The van der Waals surface area contributed by atoms with Gasteiger partial charge in [-0.25, -0.2) is 0 Å². The SMILES string of the molecule is COc1cc(OCC(N)C(=O)O)cc(C(N)=O)c1. The normalized spacial score (nSPS) is 11.7. The molecule has 0 aliphatic rings. The quantitative estimate of drug-likeness (QED) is 0.633. The largest absolute Gasteiger partial charge is 0.497 e. The maximum atomic E-state index is 11.1. The first kappa shape index (κ1) is 13.8. The number of ether oxygens (including phenoxy) is 2. The van der Waals surface area contributed by atoms with Crippen molar-refractivity contribution in [1.82, 2.24) is 0 Å². The summed E-state index contributed by atoms with van der Waals surface area (Å²) in [5.74, 6) is -1.17. The van der Waals surface area contributed by atoms with Crippen LogP contribution in [0.15, 0.2) is 18.2 Å². The zero-order valence-electron chi connectivity index (χ0n) is 9.75. The van der Waals surface area contributed by atoms with Crippen molar-refractivity contribution in [3.63, 3.8) is 0 Å². The second-order valence-electron chi connectivity index (χ2n) is 3.52. The lowest BCUT2D eigenvalue weighted by atomic mass is 10.2. The molecule has 0 aliphatic carbocycles. The number of carboxylic acid groups (broad SMARTS) is 1. The van der Waals surface area contributed by atoms with E-state index in [0.717, 1.165) is 0 Å². The molecule has 0 aromatic heterocycles. The van der Waals surface area contributed by atoms with Crippen molar-refractivity contribution in [3.05, 3.63) is 23.8 Å². The Morgan fingerprint density at radius 3 is 2.44 bits per heavy atom. The highest BCUT2D eigenvalue weighted by molar-refractivity contribution is 5.93. The van der Waals surface area contributed by atoms with E-state index in [1.165, 1.54) is 25.3 Å². The molecule has 0 aliphatic heterocycles. The van der Waals surface area contributed by atoms with Crippen molar-refractivity contribution in [2.24, 2.45) is 11.5 Å². The number of nitrogens with two attached hydrogens (primary N) is 2. The molecule has 7 heteroatoms. The number of carbonyl (C=O) groups excluding carboxylic acids is 1. The Bertz CT molecular complexity index is 461. The summed E-state index contributed by atoms with van der Waals surface area (Å²) < 4.78 is 10.1. The summed E-state index contributed by atoms with van der Waals surface area (Å²) in [7, 11) is 1.42. The second kappa shape index (κ2) is 5.87. The highest BCUT2D eigenvalue weighted by atomic mass is 16.5. The number of rotatable bonds is 6. The molecule has 1 aromatic rings. The molecule has 1 amide bonds. The highest BCUT2D eigenvalue weighted by Gasteiger charge is 2.13. The maximum absolute atomic E-state index is 11.1. The van der Waals surface area contributed by atoms with Crippen LogP contribution in [0.3, 0.4) is 0 Å². The van der Waals surface area contributed by atoms with E-state index in [2.05, 4.69) is 0 Å². The molecule has 0 spiro atoms. The molecule has 1 rings (SSSR count). The number of methoxy groups -OCH3 is 1. The molecule has 0 saturated heterocycles. The van der Waals surface area contributed by atoms with Gasteiger partial charge in [-0.05, 0) is 12.1 Å². The number of carboxylic acids is 1. The molecule has 1 aromatic carbocycles. The van der Waals surface area contributed by atoms with Crippen LogP contribution in [0.1, 0.15) is 10.4 Å². The van der Waals surface area contributed by atoms with Crippen LogP contribution >= 0.6 is 0 Å². The van der Waals surface area contributed by atoms with Crippen LogP contribution in [0.2, 0.25) is 0 Å². The lowest BCUT2D eigenvalue weighted by Gasteiger charge is -2.11. The summed E-state index contributed by atoms with van der Waals surface area (Å²) in [5.41, 5.74) is 10.6. The molecule has 7 nitrogen and oxygen atoms in total. The Hall–Kier alpha value is -2.28. The zero-order valence-corrected chi connectivity index (χ0v) is 9.75. The molecule has 0 bridgehead atoms. The molecule has 0 fully saturated rings. The van der Waals surface area contributed by atoms with E-state index in [-0.39, 0.29) is 17.9 Å². The van der Waals surface area contributed by atoms with Gasteiger partial charge in [-0.1, -0.05) is 0 Å². The fourth-order valence-electron chi connectivity index (χ4n) is 1.17. The Kier molecular flexibility index (Phi) is 4.50. The van der Waals surface area contributed by atoms with Crippen molar-refractivity contribution in [2.75, 3.05) is 13.7 Å². The highest BCUT2D eigenvalue weighted by Crippen LogP contribution is 2.22. The average Bonchev–Trinajstić information content (AvgIpc) is 2.35. The van der Waals surface area contributed by atoms with Gasteiger partial charge in [0.05, 0.1) is 7.11 Å². The summed E-state index contributed by atoms with van der Waals surface area (Å²) in [6, 6.07) is 3.19. The van der Waals surface area contributed by atoms with E-state index < -0.39 is 17.9 Å². The predicted octanol–water partition coefficient (Wildman–Crippen LogP) is -0.415. The standard InChI is InChI=1S/C11H14N2O5/c1-17-7-2-6(10(13)14)3-8(4-7)18-5-9(12)11(15)16/h2-4,9H,5,12H2,1H3,(H2,13,14)(H,15,16). The van der Waals surface area contributed by atoms with Gasteiger partial charge in [0.25, 0.3) is 0 Å². The van der Waals surface area contributed by atoms with Crippen LogP contribution in [0, 0.1) is 0 Å². The number of primary amides is 1. The zero-order chi connectivity index (χ0) is 13.7. The molecule has 0 heterocycles. The van der Waals surface area contributed by atoms with E-state index in [9.17, 15) is 9.59 Å². The summed E-state index contributed by atoms with van der Waals surface area (Å²) in [4.78, 5) is 21.6. The third kappa shape index (κ3) is 3.63. The Morgan fingerprint density at radius 2 is 1.94 bits per heavy atom. The minimum atomic E-state index is -1.17. The minimum absolute atomic E-state index is 0.202. The monoisotopic (exact) mass is 254 g/mol. The number of hydrogen-bond acceptors (Lipinski definition) is 5. The van der Waals surface area contributed by atoms with Gasteiger partial charge >= 0.3 is 5.97 Å². The predicted molar refractivity (Wildman–Crippen MR) is 62.6 cm³/mol. The first-order valence-corrected chi connectivity index (χ1v) is 5.04. The van der Waals surface area contributed by atoms with Crippen LogP contribution in [0.25, 0.3) is 0 Å². The summed E-state index contributed by atoms with van der Waals surface area (Å²) >= 11 is 0. The first-order chi connectivity index (χ1) is 8.43. The van der Waals surface area contributed by atoms with E-state index >= 15 is 0 Å². The lowest BCUT2D eigenvalue weighted by molar-refractivity contribution is -0.139. The molecule has 0 radical (unpaired) electrons. The van der Waals surface area contributed by atoms with E-state index in [4.69, 9.17) is 26.0 Å². The Labute approximate surface area is 103 Å². The van der Waals surface area contributed by atoms with Gasteiger partial charge in [-0.15, -0.1) is 0 Å². The van der Waals surface area contributed by atoms with Gasteiger partial charge in [-0.3, -0.25) is 9.59 Å². The number of benzene rings is 1. The van der Waals surface area contributed by atoms with Crippen LogP contribution in [-0.2, 0) is 4.79 Å². The van der Waals surface area contributed by atoms with Crippen molar-refractivity contribution in [1.29, 1.82) is 0 Å². The van der Waals surface area contributed by atoms with Crippen molar-refractivity contribution in [3.8, 4) is 11.5 Å². The number of hydrogen-bond donors (Lipinski definition) is 3. The average molecular weight is 254 g/mol. The molecule has 0 saturated carbocycles. The van der Waals surface area contributed by atoms with Gasteiger partial charge in [0.2, 0.25) is 5.91 Å². The number of amides is 1. The smallest absolute Gasteiger partial charge is 0.324 e. The van der Waals surface area contributed by atoms with Crippen molar-refractivity contribution < 1.29 is 24.2 Å². The fraction of sp³-hybridized carbons (Fsp3) is 0.273. The second-order valence-corrected chi connectivity index (χ2v) is 3.52. The van der Waals surface area contributed by atoms with Crippen LogP contribution in [-0.4, -0.2) is 36.7 Å². The molecular weight excluding hydrogens is 240 g/mol. The first-order valence-electron chi connectivity index (χ1n) is 5.04. The summed E-state index contributed by atoms with van der Waals surface area (Å²) in [6.45, 7) is -0.222. The number of aliphatic carboxylic acids is 1. The van der Waals surface area contributed by atoms with Crippen molar-refractivity contribution in [2.45, 2.75) is 6.04 Å². The molecule has 98 valence electrons. The Morgan fingerprint density at radius 1 is 1.33 bits per heavy atom. The maximum Gasteiger partial charge on any atom is 0.324 e. The van der Waals surface area contributed by atoms with Crippen molar-refractivity contribution >= 4 is 11.9 Å². The van der Waals surface area contributed by atoms with Crippen LogP contribution in [0.5, 0.6) is 11.5 Å². The fourth-order valence-corrected chi connectivity index (χ4v) is 1.17. The van der Waals surface area contributed by atoms with Crippen LogP contribution in [0.4, 0.5) is 0 Å². The molecule has 5 N–H and O–H groups in total. The van der Waals surface area contributed by atoms with Gasteiger partial charge in [-0.2, -0.15) is 0 Å². The van der Waals surface area contributed by atoms with Crippen LogP contribution < -0.4 is 20.9 Å². The molecule has 1 unspecified atom stereocenters. The van der Waals surface area contributed by atoms with Gasteiger partial charge in [0, 0.05) is 11.6 Å². The summed E-state index contributed by atoms with van der Waals surface area (Å²) in [6.07, 6.45) is 0. The molecular formula is C11H14N2O5. The third-order valence-electron chi connectivity index (χ3n) is 2.15. The minimum Gasteiger partial charge on any atom is -0.497 e. The van der Waals surface area contributed by atoms with E-state index in [1.807, 2.05) is 0 Å². The summed E-state index contributed by atoms with van der Waals surface area (Å²) in [5, 5.41) is 8.60. The molecule has 18 heavy (non-hydrogen) atoms. The van der Waals surface area contributed by atoms with Gasteiger partial charge in [0.1, 0.15) is 24.1 Å². The lowest BCUT2D eigenvalue weighted by Crippen LogP contribution is -2.36. The topological polar surface area (TPSA) is 125 Å². The molecule has 1 atom stereocenters. The van der Waals surface area contributed by atoms with Gasteiger partial charge in [0.15, 0.2) is 0 Å². The van der Waals surface area contributed by atoms with E-state index in [0.29, 0.717) is 5.75 Å². The van der Waals surface area contributed by atoms with Gasteiger partial charge < -0.3 is 26.0 Å². The third-order valence-corrected chi connectivity index (χ3v) is 2.15.